The lowest BCUT2D eigenvalue weighted by atomic mass is 9.89. The number of hydrogen-bond donors (Lipinski definition) is 0. The van der Waals surface area contributed by atoms with Gasteiger partial charge < -0.3 is 9.47 Å². The molecule has 0 radical (unpaired) electrons. The van der Waals surface area contributed by atoms with E-state index in [1.807, 2.05) is 0 Å². The summed E-state index contributed by atoms with van der Waals surface area (Å²) in [5.41, 5.74) is 2.51. The van der Waals surface area contributed by atoms with Crippen LogP contribution in [0.1, 0.15) is 33.1 Å². The van der Waals surface area contributed by atoms with Crippen molar-refractivity contribution in [2.45, 2.75) is 45.3 Å². The van der Waals surface area contributed by atoms with Gasteiger partial charge in [-0.2, -0.15) is 0 Å². The van der Waals surface area contributed by atoms with Crippen molar-refractivity contribution in [2.75, 3.05) is 0 Å². The fourth-order valence-corrected chi connectivity index (χ4v) is 2.40. The molecule has 0 saturated heterocycles. The predicted molar refractivity (Wildman–Crippen MR) is 61.1 cm³/mol. The maximum atomic E-state index is 11.0. The van der Waals surface area contributed by atoms with E-state index in [0.29, 0.717) is 12.8 Å². The van der Waals surface area contributed by atoms with Gasteiger partial charge in [0.15, 0.2) is 0 Å². The average molecular weight is 236 g/mol. The number of esters is 2. The van der Waals surface area contributed by atoms with Crippen LogP contribution in [0.4, 0.5) is 0 Å². The SMILES string of the molecule is CC(=O)O[C@H]1CC2=C(CC=C2)C[C@@H]1OC(C)=O. The Hall–Kier alpha value is -1.58. The van der Waals surface area contributed by atoms with Crippen LogP contribution in [-0.4, -0.2) is 24.1 Å². The van der Waals surface area contributed by atoms with Gasteiger partial charge in [0.25, 0.3) is 0 Å². The minimum absolute atomic E-state index is 0.331. The minimum Gasteiger partial charge on any atom is -0.458 e. The molecule has 0 aliphatic heterocycles. The number of rotatable bonds is 2. The lowest BCUT2D eigenvalue weighted by Gasteiger charge is -2.31. The molecule has 4 nitrogen and oxygen atoms in total. The molecular formula is C13H16O4. The van der Waals surface area contributed by atoms with Gasteiger partial charge in [0.2, 0.25) is 0 Å². The summed E-state index contributed by atoms with van der Waals surface area (Å²) in [6, 6.07) is 0. The van der Waals surface area contributed by atoms with E-state index in [-0.39, 0.29) is 24.1 Å². The zero-order valence-corrected chi connectivity index (χ0v) is 10.1. The Morgan fingerprint density at radius 3 is 2.29 bits per heavy atom. The summed E-state index contributed by atoms with van der Waals surface area (Å²) in [7, 11) is 0. The highest BCUT2D eigenvalue weighted by atomic mass is 16.6. The second-order valence-electron chi connectivity index (χ2n) is 4.44. The smallest absolute Gasteiger partial charge is 0.303 e. The van der Waals surface area contributed by atoms with Gasteiger partial charge in [-0.1, -0.05) is 17.7 Å². The van der Waals surface area contributed by atoms with Crippen molar-refractivity contribution < 1.29 is 19.1 Å². The third-order valence-electron chi connectivity index (χ3n) is 3.06. The predicted octanol–water partition coefficient (Wildman–Crippen LogP) is 1.90. The maximum Gasteiger partial charge on any atom is 0.303 e. The van der Waals surface area contributed by atoms with E-state index < -0.39 is 0 Å². The highest BCUT2D eigenvalue weighted by Crippen LogP contribution is 2.35. The highest BCUT2D eigenvalue weighted by Gasteiger charge is 2.34. The third kappa shape index (κ3) is 2.75. The molecule has 2 aliphatic carbocycles. The fourth-order valence-electron chi connectivity index (χ4n) is 2.40. The Morgan fingerprint density at radius 2 is 1.71 bits per heavy atom. The standard InChI is InChI=1S/C13H16O4/c1-8(14)16-12-6-10-4-3-5-11(10)7-13(12)17-9(2)15/h3-4,12-13H,5-7H2,1-2H3/t12-,13-/m0/s1. The largest absolute Gasteiger partial charge is 0.458 e. The van der Waals surface area contributed by atoms with E-state index in [1.165, 1.54) is 25.0 Å². The summed E-state index contributed by atoms with van der Waals surface area (Å²) in [6.07, 6.45) is 5.69. The number of carbonyl (C=O) groups is 2. The van der Waals surface area contributed by atoms with E-state index in [4.69, 9.17) is 9.47 Å². The second kappa shape index (κ2) is 4.73. The molecule has 0 bridgehead atoms. The molecule has 2 rings (SSSR count). The summed E-state index contributed by atoms with van der Waals surface area (Å²) in [5, 5.41) is 0. The highest BCUT2D eigenvalue weighted by molar-refractivity contribution is 5.67. The maximum absolute atomic E-state index is 11.0. The quantitative estimate of drug-likeness (QED) is 0.687. The van der Waals surface area contributed by atoms with Crippen LogP contribution in [-0.2, 0) is 19.1 Å². The fraction of sp³-hybridized carbons (Fsp3) is 0.538. The summed E-state index contributed by atoms with van der Waals surface area (Å²) in [5.74, 6) is -0.666. The van der Waals surface area contributed by atoms with Crippen molar-refractivity contribution in [3.8, 4) is 0 Å². The summed E-state index contributed by atoms with van der Waals surface area (Å²) < 4.78 is 10.5. The summed E-state index contributed by atoms with van der Waals surface area (Å²) >= 11 is 0. The van der Waals surface area contributed by atoms with Gasteiger partial charge in [-0.3, -0.25) is 9.59 Å². The van der Waals surface area contributed by atoms with Crippen LogP contribution in [0.2, 0.25) is 0 Å². The average Bonchev–Trinajstić information content (AvgIpc) is 2.63. The van der Waals surface area contributed by atoms with Crippen molar-refractivity contribution >= 4 is 11.9 Å². The normalized spacial score (nSPS) is 26.7. The first kappa shape index (κ1) is 11.9. The van der Waals surface area contributed by atoms with E-state index in [0.717, 1.165) is 6.42 Å². The van der Waals surface area contributed by atoms with Gasteiger partial charge in [-0.25, -0.2) is 0 Å². The number of ether oxygens (including phenoxy) is 2. The van der Waals surface area contributed by atoms with Crippen molar-refractivity contribution in [2.24, 2.45) is 0 Å². The van der Waals surface area contributed by atoms with Crippen LogP contribution < -0.4 is 0 Å². The first-order valence-electron chi connectivity index (χ1n) is 5.78. The molecule has 0 heterocycles. The molecule has 4 heteroatoms. The zero-order chi connectivity index (χ0) is 12.4. The van der Waals surface area contributed by atoms with Crippen molar-refractivity contribution in [1.29, 1.82) is 0 Å². The van der Waals surface area contributed by atoms with Crippen molar-refractivity contribution in [3.63, 3.8) is 0 Å². The van der Waals surface area contributed by atoms with Crippen LogP contribution in [0, 0.1) is 0 Å². The first-order chi connectivity index (χ1) is 8.06. The molecule has 0 aromatic rings. The van der Waals surface area contributed by atoms with Gasteiger partial charge in [-0.05, 0) is 12.0 Å². The number of carbonyl (C=O) groups excluding carboxylic acids is 2. The van der Waals surface area contributed by atoms with E-state index in [9.17, 15) is 9.59 Å². The zero-order valence-electron chi connectivity index (χ0n) is 10.1. The van der Waals surface area contributed by atoms with Gasteiger partial charge in [0.05, 0.1) is 0 Å². The summed E-state index contributed by atoms with van der Waals surface area (Å²) in [4.78, 5) is 22.1. The Labute approximate surface area is 100 Å². The monoisotopic (exact) mass is 236 g/mol. The summed E-state index contributed by atoms with van der Waals surface area (Å²) in [6.45, 7) is 2.75. The Morgan fingerprint density at radius 1 is 1.12 bits per heavy atom. The van der Waals surface area contributed by atoms with Crippen LogP contribution in [0.25, 0.3) is 0 Å². The second-order valence-corrected chi connectivity index (χ2v) is 4.44. The molecule has 0 spiro atoms. The molecule has 0 aromatic heterocycles. The Bertz CT molecular complexity index is 406. The minimum atomic E-state index is -0.349. The van der Waals surface area contributed by atoms with Gasteiger partial charge in [0.1, 0.15) is 12.2 Å². The van der Waals surface area contributed by atoms with Crippen LogP contribution in [0.5, 0.6) is 0 Å². The lowest BCUT2D eigenvalue weighted by molar-refractivity contribution is -0.165. The molecule has 0 fully saturated rings. The van der Waals surface area contributed by atoms with Crippen molar-refractivity contribution in [3.05, 3.63) is 23.3 Å². The van der Waals surface area contributed by atoms with Crippen molar-refractivity contribution in [1.82, 2.24) is 0 Å². The molecular weight excluding hydrogens is 220 g/mol. The molecule has 17 heavy (non-hydrogen) atoms. The number of hydrogen-bond acceptors (Lipinski definition) is 4. The third-order valence-corrected chi connectivity index (χ3v) is 3.06. The van der Waals surface area contributed by atoms with Crippen LogP contribution >= 0.6 is 0 Å². The Kier molecular flexibility index (Phi) is 3.31. The first-order valence-corrected chi connectivity index (χ1v) is 5.78. The molecule has 2 aliphatic rings. The Balaban J connectivity index is 2.12. The van der Waals surface area contributed by atoms with Crippen LogP contribution in [0.15, 0.2) is 23.3 Å². The molecule has 2 atom stereocenters. The molecule has 92 valence electrons. The molecule has 0 amide bonds. The lowest BCUT2D eigenvalue weighted by Crippen LogP contribution is -2.37. The molecule has 0 saturated carbocycles. The van der Waals surface area contributed by atoms with E-state index in [1.54, 1.807) is 0 Å². The van der Waals surface area contributed by atoms with E-state index in [2.05, 4.69) is 12.2 Å². The van der Waals surface area contributed by atoms with Gasteiger partial charge in [0, 0.05) is 26.7 Å². The molecule has 0 unspecified atom stereocenters. The van der Waals surface area contributed by atoms with Gasteiger partial charge in [-0.15, -0.1) is 0 Å². The van der Waals surface area contributed by atoms with E-state index >= 15 is 0 Å². The molecule has 0 aromatic carbocycles. The number of allylic oxidation sites excluding steroid dienone is 2. The topological polar surface area (TPSA) is 52.6 Å². The van der Waals surface area contributed by atoms with Gasteiger partial charge >= 0.3 is 11.9 Å². The van der Waals surface area contributed by atoms with Crippen LogP contribution in [0.3, 0.4) is 0 Å². The molecule has 0 N–H and O–H groups in total.